The van der Waals surface area contributed by atoms with E-state index in [0.717, 1.165) is 23.1 Å². The van der Waals surface area contributed by atoms with E-state index in [4.69, 9.17) is 0 Å². The fraction of sp³-hybridized carbons (Fsp3) is 0.133. The summed E-state index contributed by atoms with van der Waals surface area (Å²) in [6.07, 6.45) is 1.44. The topological polar surface area (TPSA) is 107 Å². The summed E-state index contributed by atoms with van der Waals surface area (Å²) in [4.78, 5) is 33.2. The Labute approximate surface area is 139 Å². The molecule has 4 rings (SSSR count). The van der Waals surface area contributed by atoms with Crippen molar-refractivity contribution in [1.82, 2.24) is 19.5 Å². The Morgan fingerprint density at radius 2 is 2.21 bits per heavy atom. The summed E-state index contributed by atoms with van der Waals surface area (Å²) in [5.41, 5.74) is 2.15. The van der Waals surface area contributed by atoms with Crippen LogP contribution in [0.2, 0.25) is 0 Å². The van der Waals surface area contributed by atoms with E-state index in [0.29, 0.717) is 17.0 Å². The number of benzene rings is 1. The van der Waals surface area contributed by atoms with Crippen molar-refractivity contribution in [3.05, 3.63) is 57.1 Å². The molecule has 9 heteroatoms. The first-order valence-electron chi connectivity index (χ1n) is 7.17. The number of nitro benzene ring substituents is 1. The number of nitrogens with zero attached hydrogens (tertiary/aromatic N) is 4. The van der Waals surface area contributed by atoms with Crippen molar-refractivity contribution in [2.75, 3.05) is 5.75 Å². The number of H-pyrrole nitrogens is 1. The van der Waals surface area contributed by atoms with Crippen molar-refractivity contribution >= 4 is 17.4 Å². The molecule has 0 amide bonds. The normalized spacial score (nSPS) is 13.0. The zero-order valence-corrected chi connectivity index (χ0v) is 13.1. The quantitative estimate of drug-likeness (QED) is 0.579. The lowest BCUT2D eigenvalue weighted by molar-refractivity contribution is -0.384. The Bertz CT molecular complexity index is 1010. The molecule has 3 aromatic rings. The number of fused-ring (bicyclic) bond motifs is 1. The smallest absolute Gasteiger partial charge is 0.316 e. The first kappa shape index (κ1) is 14.6. The largest absolute Gasteiger partial charge is 0.345 e. The van der Waals surface area contributed by atoms with Crippen LogP contribution in [0.1, 0.15) is 0 Å². The summed E-state index contributed by atoms with van der Waals surface area (Å²) in [5.74, 6) is 0.903. The minimum absolute atomic E-state index is 0.00230. The zero-order chi connectivity index (χ0) is 16.7. The number of rotatable bonds is 3. The van der Waals surface area contributed by atoms with Crippen LogP contribution in [0.15, 0.2) is 46.5 Å². The highest BCUT2D eigenvalue weighted by Crippen LogP contribution is 2.38. The third kappa shape index (κ3) is 2.38. The highest BCUT2D eigenvalue weighted by Gasteiger charge is 2.25. The molecule has 0 bridgehead atoms. The monoisotopic (exact) mass is 341 g/mol. The molecule has 1 aromatic carbocycles. The van der Waals surface area contributed by atoms with Crippen molar-refractivity contribution < 1.29 is 4.92 Å². The number of nitrogens with one attached hydrogen (secondary N) is 1. The van der Waals surface area contributed by atoms with Gasteiger partial charge in [0.15, 0.2) is 5.16 Å². The number of thioether (sulfide) groups is 1. The lowest BCUT2D eigenvalue weighted by atomic mass is 10.1. The molecule has 0 unspecified atom stereocenters. The number of aromatic nitrogens is 4. The maximum absolute atomic E-state index is 11.6. The molecule has 0 saturated carbocycles. The molecule has 0 spiro atoms. The summed E-state index contributed by atoms with van der Waals surface area (Å²) in [7, 11) is 0. The van der Waals surface area contributed by atoms with E-state index in [1.807, 2.05) is 4.57 Å². The lowest BCUT2D eigenvalue weighted by Gasteiger charge is -2.07. The van der Waals surface area contributed by atoms with Crippen LogP contribution < -0.4 is 5.69 Å². The number of imidazole rings is 1. The molecule has 1 aliphatic heterocycles. The average Bonchev–Trinajstić information content (AvgIpc) is 3.15. The van der Waals surface area contributed by atoms with Crippen molar-refractivity contribution in [3.8, 4) is 22.6 Å². The van der Waals surface area contributed by atoms with Crippen LogP contribution in [-0.4, -0.2) is 30.2 Å². The molecule has 0 atom stereocenters. The SMILES string of the molecule is O=c1nccc(-c2c(-c3cccc([N+](=O)[O-])c3)nc3n2CCS3)[nH]1. The first-order chi connectivity index (χ1) is 11.6. The van der Waals surface area contributed by atoms with Gasteiger partial charge in [-0.2, -0.15) is 0 Å². The second-order valence-electron chi connectivity index (χ2n) is 5.19. The summed E-state index contributed by atoms with van der Waals surface area (Å²) >= 11 is 1.62. The molecule has 0 radical (unpaired) electrons. The molecule has 8 nitrogen and oxygen atoms in total. The fourth-order valence-corrected chi connectivity index (χ4v) is 3.68. The van der Waals surface area contributed by atoms with E-state index < -0.39 is 10.6 Å². The molecule has 0 aliphatic carbocycles. The van der Waals surface area contributed by atoms with Crippen LogP contribution >= 0.6 is 11.8 Å². The van der Waals surface area contributed by atoms with Gasteiger partial charge < -0.3 is 9.55 Å². The molecule has 120 valence electrons. The molecule has 24 heavy (non-hydrogen) atoms. The van der Waals surface area contributed by atoms with Gasteiger partial charge in [-0.05, 0) is 6.07 Å². The Hall–Kier alpha value is -2.94. The third-order valence-electron chi connectivity index (χ3n) is 3.74. The van der Waals surface area contributed by atoms with E-state index in [1.165, 1.54) is 18.3 Å². The van der Waals surface area contributed by atoms with Gasteiger partial charge in [0.1, 0.15) is 0 Å². The van der Waals surface area contributed by atoms with Gasteiger partial charge >= 0.3 is 5.69 Å². The van der Waals surface area contributed by atoms with E-state index in [1.54, 1.807) is 30.0 Å². The summed E-state index contributed by atoms with van der Waals surface area (Å²) in [6, 6.07) is 8.04. The Morgan fingerprint density at radius 3 is 3.00 bits per heavy atom. The predicted octanol–water partition coefficient (Wildman–Crippen LogP) is 2.31. The van der Waals surface area contributed by atoms with Gasteiger partial charge in [0.05, 0.1) is 22.0 Å². The zero-order valence-electron chi connectivity index (χ0n) is 12.3. The van der Waals surface area contributed by atoms with Crippen molar-refractivity contribution in [3.63, 3.8) is 0 Å². The van der Waals surface area contributed by atoms with Crippen LogP contribution in [0.25, 0.3) is 22.6 Å². The lowest BCUT2D eigenvalue weighted by Crippen LogP contribution is -2.11. The number of nitro groups is 1. The number of aromatic amines is 1. The highest BCUT2D eigenvalue weighted by atomic mass is 32.2. The van der Waals surface area contributed by atoms with Gasteiger partial charge in [-0.1, -0.05) is 23.9 Å². The van der Waals surface area contributed by atoms with Gasteiger partial charge in [0.2, 0.25) is 0 Å². The van der Waals surface area contributed by atoms with E-state index in [9.17, 15) is 14.9 Å². The molecule has 0 fully saturated rings. The second-order valence-corrected chi connectivity index (χ2v) is 6.25. The fourth-order valence-electron chi connectivity index (χ4n) is 2.73. The van der Waals surface area contributed by atoms with E-state index >= 15 is 0 Å². The number of hydrogen-bond donors (Lipinski definition) is 1. The summed E-state index contributed by atoms with van der Waals surface area (Å²) in [6.45, 7) is 0.765. The Kier molecular flexibility index (Phi) is 3.42. The van der Waals surface area contributed by atoms with Gasteiger partial charge in [-0.3, -0.25) is 10.1 Å². The molecule has 1 aliphatic rings. The number of non-ortho nitro benzene ring substituents is 1. The minimum atomic E-state index is -0.446. The molecule has 1 N–H and O–H groups in total. The molecular weight excluding hydrogens is 330 g/mol. The van der Waals surface area contributed by atoms with Gasteiger partial charge in [-0.25, -0.2) is 14.8 Å². The van der Waals surface area contributed by atoms with Gasteiger partial charge in [0, 0.05) is 36.2 Å². The van der Waals surface area contributed by atoms with Gasteiger partial charge in [-0.15, -0.1) is 0 Å². The van der Waals surface area contributed by atoms with E-state index in [-0.39, 0.29) is 5.69 Å². The van der Waals surface area contributed by atoms with E-state index in [2.05, 4.69) is 15.0 Å². The number of hydrogen-bond acceptors (Lipinski definition) is 6. The third-order valence-corrected chi connectivity index (χ3v) is 4.70. The van der Waals surface area contributed by atoms with Crippen LogP contribution in [0, 0.1) is 10.1 Å². The predicted molar refractivity (Wildman–Crippen MR) is 88.9 cm³/mol. The second kappa shape index (κ2) is 5.60. The minimum Gasteiger partial charge on any atom is -0.316 e. The van der Waals surface area contributed by atoms with Crippen molar-refractivity contribution in [1.29, 1.82) is 0 Å². The maximum atomic E-state index is 11.6. The summed E-state index contributed by atoms with van der Waals surface area (Å²) < 4.78 is 2.02. The summed E-state index contributed by atoms with van der Waals surface area (Å²) in [5, 5.41) is 11.9. The standard InChI is InChI=1S/C15H11N5O3S/c21-14-16-5-4-11(17-14)13-12(18-15-19(13)6-7-24-15)9-2-1-3-10(8-9)20(22)23/h1-5,8H,6-7H2,(H,16,17,21). The highest BCUT2D eigenvalue weighted by molar-refractivity contribution is 7.99. The van der Waals surface area contributed by atoms with Crippen LogP contribution in [0.3, 0.4) is 0 Å². The van der Waals surface area contributed by atoms with Crippen LogP contribution in [0.4, 0.5) is 5.69 Å². The molecular formula is C15H11N5O3S. The van der Waals surface area contributed by atoms with Crippen molar-refractivity contribution in [2.45, 2.75) is 11.7 Å². The first-order valence-corrected chi connectivity index (χ1v) is 8.16. The Balaban J connectivity index is 1.95. The molecule has 2 aromatic heterocycles. The van der Waals surface area contributed by atoms with Gasteiger partial charge in [0.25, 0.3) is 5.69 Å². The van der Waals surface area contributed by atoms with Crippen LogP contribution in [0.5, 0.6) is 0 Å². The van der Waals surface area contributed by atoms with Crippen LogP contribution in [-0.2, 0) is 6.54 Å². The molecule has 3 heterocycles. The maximum Gasteiger partial charge on any atom is 0.345 e. The average molecular weight is 341 g/mol. The molecule has 0 saturated heterocycles. The van der Waals surface area contributed by atoms with Crippen molar-refractivity contribution in [2.24, 2.45) is 0 Å². The Morgan fingerprint density at radius 1 is 1.33 bits per heavy atom.